The van der Waals surface area contributed by atoms with Crippen molar-refractivity contribution < 1.29 is 18.0 Å². The van der Waals surface area contributed by atoms with Gasteiger partial charge in [0.15, 0.2) is 0 Å². The lowest BCUT2D eigenvalue weighted by Crippen LogP contribution is -2.15. The molecule has 0 aliphatic carbocycles. The Kier molecular flexibility index (Phi) is 4.54. The maximum absolute atomic E-state index is 12.6. The van der Waals surface area contributed by atoms with Crippen molar-refractivity contribution in [3.05, 3.63) is 64.7 Å². The molecule has 0 bridgehead atoms. The van der Waals surface area contributed by atoms with Crippen LogP contribution in [-0.4, -0.2) is 5.91 Å². The van der Waals surface area contributed by atoms with Crippen molar-refractivity contribution in [2.45, 2.75) is 26.4 Å². The van der Waals surface area contributed by atoms with Crippen molar-refractivity contribution in [2.24, 2.45) is 0 Å². The average molecular weight is 307 g/mol. The van der Waals surface area contributed by atoms with Gasteiger partial charge in [-0.1, -0.05) is 35.9 Å². The van der Waals surface area contributed by atoms with Crippen molar-refractivity contribution in [1.29, 1.82) is 0 Å². The van der Waals surface area contributed by atoms with E-state index in [1.807, 2.05) is 26.0 Å². The number of hydrogen-bond acceptors (Lipinski definition) is 1. The Morgan fingerprint density at radius 1 is 1.09 bits per heavy atom. The van der Waals surface area contributed by atoms with Gasteiger partial charge in [-0.3, -0.25) is 4.79 Å². The molecule has 1 N–H and O–H groups in total. The van der Waals surface area contributed by atoms with E-state index in [-0.39, 0.29) is 12.3 Å². The van der Waals surface area contributed by atoms with E-state index in [1.54, 1.807) is 6.07 Å². The molecule has 22 heavy (non-hydrogen) atoms. The molecule has 2 aromatic carbocycles. The Bertz CT molecular complexity index is 693. The molecular formula is C17H16F3NO. The van der Waals surface area contributed by atoms with Crippen LogP contribution in [-0.2, 0) is 17.4 Å². The van der Waals surface area contributed by atoms with Crippen LogP contribution in [0.5, 0.6) is 0 Å². The van der Waals surface area contributed by atoms with E-state index in [1.165, 1.54) is 12.1 Å². The topological polar surface area (TPSA) is 29.1 Å². The van der Waals surface area contributed by atoms with Gasteiger partial charge < -0.3 is 5.32 Å². The van der Waals surface area contributed by atoms with Crippen molar-refractivity contribution in [2.75, 3.05) is 5.32 Å². The maximum Gasteiger partial charge on any atom is 0.416 e. The number of carbonyl (C=O) groups excluding carboxylic acids is 1. The zero-order valence-electron chi connectivity index (χ0n) is 12.3. The summed E-state index contributed by atoms with van der Waals surface area (Å²) in [7, 11) is 0. The maximum atomic E-state index is 12.6. The second-order valence-electron chi connectivity index (χ2n) is 5.24. The highest BCUT2D eigenvalue weighted by Gasteiger charge is 2.30. The summed E-state index contributed by atoms with van der Waals surface area (Å²) < 4.78 is 37.9. The van der Waals surface area contributed by atoms with E-state index in [9.17, 15) is 18.0 Å². The average Bonchev–Trinajstić information content (AvgIpc) is 2.41. The number of aryl methyl sites for hydroxylation is 2. The summed E-state index contributed by atoms with van der Waals surface area (Å²) in [5, 5.41) is 2.72. The summed E-state index contributed by atoms with van der Waals surface area (Å²) in [6.45, 7) is 3.81. The van der Waals surface area contributed by atoms with E-state index < -0.39 is 11.7 Å². The number of halogens is 3. The summed E-state index contributed by atoms with van der Waals surface area (Å²) >= 11 is 0. The van der Waals surface area contributed by atoms with Gasteiger partial charge in [-0.05, 0) is 37.1 Å². The van der Waals surface area contributed by atoms with Crippen LogP contribution in [0.1, 0.15) is 22.3 Å². The van der Waals surface area contributed by atoms with Crippen LogP contribution in [0.15, 0.2) is 42.5 Å². The molecule has 0 saturated heterocycles. The molecule has 0 unspecified atom stereocenters. The SMILES string of the molecule is Cc1ccc(NC(=O)Cc2cccc(C(F)(F)F)c2)c(C)c1. The first kappa shape index (κ1) is 16.1. The van der Waals surface area contributed by atoms with Gasteiger partial charge in [0, 0.05) is 5.69 Å². The van der Waals surface area contributed by atoms with Crippen LogP contribution in [0.4, 0.5) is 18.9 Å². The molecule has 2 aromatic rings. The molecule has 0 aliphatic heterocycles. The third-order valence-corrected chi connectivity index (χ3v) is 3.27. The van der Waals surface area contributed by atoms with Crippen LogP contribution in [0, 0.1) is 13.8 Å². The summed E-state index contributed by atoms with van der Waals surface area (Å²) in [5.74, 6) is -0.341. The van der Waals surface area contributed by atoms with Crippen molar-refractivity contribution in [3.8, 4) is 0 Å². The van der Waals surface area contributed by atoms with Gasteiger partial charge >= 0.3 is 6.18 Å². The minimum atomic E-state index is -4.40. The smallest absolute Gasteiger partial charge is 0.326 e. The second-order valence-corrected chi connectivity index (χ2v) is 5.24. The number of anilines is 1. The van der Waals surface area contributed by atoms with E-state index in [4.69, 9.17) is 0 Å². The van der Waals surface area contributed by atoms with Crippen molar-refractivity contribution in [3.63, 3.8) is 0 Å². The van der Waals surface area contributed by atoms with Gasteiger partial charge in [0.25, 0.3) is 0 Å². The predicted octanol–water partition coefficient (Wildman–Crippen LogP) is 4.50. The lowest BCUT2D eigenvalue weighted by Gasteiger charge is -2.11. The Balaban J connectivity index is 2.09. The van der Waals surface area contributed by atoms with E-state index >= 15 is 0 Å². The van der Waals surface area contributed by atoms with Crippen molar-refractivity contribution >= 4 is 11.6 Å². The van der Waals surface area contributed by atoms with E-state index in [2.05, 4.69) is 5.32 Å². The predicted molar refractivity (Wildman–Crippen MR) is 79.7 cm³/mol. The Labute approximate surface area is 127 Å². The van der Waals surface area contributed by atoms with Crippen molar-refractivity contribution in [1.82, 2.24) is 0 Å². The van der Waals surface area contributed by atoms with Gasteiger partial charge in [-0.2, -0.15) is 13.2 Å². The van der Waals surface area contributed by atoms with Gasteiger partial charge in [0.2, 0.25) is 5.91 Å². The minimum Gasteiger partial charge on any atom is -0.326 e. The molecule has 116 valence electrons. The Morgan fingerprint density at radius 2 is 1.82 bits per heavy atom. The zero-order chi connectivity index (χ0) is 16.3. The molecule has 0 atom stereocenters. The summed E-state index contributed by atoms with van der Waals surface area (Å²) in [4.78, 5) is 12.0. The molecule has 5 heteroatoms. The lowest BCUT2D eigenvalue weighted by atomic mass is 10.1. The number of carbonyl (C=O) groups is 1. The normalized spacial score (nSPS) is 11.3. The molecule has 0 radical (unpaired) electrons. The molecule has 0 heterocycles. The van der Waals surface area contributed by atoms with Crippen LogP contribution in [0.25, 0.3) is 0 Å². The fourth-order valence-corrected chi connectivity index (χ4v) is 2.19. The zero-order valence-corrected chi connectivity index (χ0v) is 12.3. The number of alkyl halides is 3. The van der Waals surface area contributed by atoms with Gasteiger partial charge in [0.05, 0.1) is 12.0 Å². The standard InChI is InChI=1S/C17H16F3NO/c1-11-6-7-15(12(2)8-11)21-16(22)10-13-4-3-5-14(9-13)17(18,19)20/h3-9H,10H2,1-2H3,(H,21,22). The van der Waals surface area contributed by atoms with Gasteiger partial charge in [-0.25, -0.2) is 0 Å². The first-order chi connectivity index (χ1) is 10.3. The first-order valence-corrected chi connectivity index (χ1v) is 6.79. The monoisotopic (exact) mass is 307 g/mol. The minimum absolute atomic E-state index is 0.1000. The van der Waals surface area contributed by atoms with Gasteiger partial charge in [0.1, 0.15) is 0 Å². The van der Waals surface area contributed by atoms with Gasteiger partial charge in [-0.15, -0.1) is 0 Å². The summed E-state index contributed by atoms with van der Waals surface area (Å²) in [6, 6.07) is 10.4. The fraction of sp³-hybridized carbons (Fsp3) is 0.235. The molecule has 0 aromatic heterocycles. The molecule has 1 amide bonds. The number of nitrogens with one attached hydrogen (secondary N) is 1. The third kappa shape index (κ3) is 4.10. The first-order valence-electron chi connectivity index (χ1n) is 6.79. The molecule has 2 rings (SSSR count). The molecule has 0 saturated carbocycles. The Hall–Kier alpha value is -2.30. The van der Waals surface area contributed by atoms with E-state index in [0.29, 0.717) is 11.3 Å². The van der Waals surface area contributed by atoms with Crippen LogP contribution in [0.3, 0.4) is 0 Å². The molecule has 0 fully saturated rings. The van der Waals surface area contributed by atoms with Crippen LogP contribution < -0.4 is 5.32 Å². The number of hydrogen-bond donors (Lipinski definition) is 1. The quantitative estimate of drug-likeness (QED) is 0.888. The summed E-state index contributed by atoms with van der Waals surface area (Å²) in [6.07, 6.45) is -4.50. The molecular weight excluding hydrogens is 291 g/mol. The fourth-order valence-electron chi connectivity index (χ4n) is 2.19. The van der Waals surface area contributed by atoms with E-state index in [0.717, 1.165) is 23.3 Å². The third-order valence-electron chi connectivity index (χ3n) is 3.27. The largest absolute Gasteiger partial charge is 0.416 e. The van der Waals surface area contributed by atoms with Crippen LogP contribution >= 0.6 is 0 Å². The summed E-state index contributed by atoms with van der Waals surface area (Å²) in [5.41, 5.74) is 2.25. The number of rotatable bonds is 3. The number of benzene rings is 2. The highest BCUT2D eigenvalue weighted by Crippen LogP contribution is 2.29. The second kappa shape index (κ2) is 6.22. The Morgan fingerprint density at radius 3 is 2.45 bits per heavy atom. The molecule has 0 aliphatic rings. The number of amides is 1. The molecule has 0 spiro atoms. The highest BCUT2D eigenvalue weighted by molar-refractivity contribution is 5.93. The highest BCUT2D eigenvalue weighted by atomic mass is 19.4. The molecule has 2 nitrogen and oxygen atoms in total. The van der Waals surface area contributed by atoms with Crippen LogP contribution in [0.2, 0.25) is 0 Å². The lowest BCUT2D eigenvalue weighted by molar-refractivity contribution is -0.137.